The third-order valence-electron chi connectivity index (χ3n) is 3.02. The van der Waals surface area contributed by atoms with Crippen molar-refractivity contribution in [2.75, 3.05) is 7.05 Å². The Labute approximate surface area is 121 Å². The van der Waals surface area contributed by atoms with Crippen molar-refractivity contribution >= 4 is 11.6 Å². The number of hydrogen-bond acceptors (Lipinski definition) is 5. The molecular weight excluding hydrogens is 274 g/mol. The van der Waals surface area contributed by atoms with Gasteiger partial charge in [-0.05, 0) is 12.1 Å². The minimum atomic E-state index is -0.465. The highest BCUT2D eigenvalue weighted by atomic mass is 16.6. The number of nitro groups is 1. The molecule has 2 N–H and O–H groups in total. The van der Waals surface area contributed by atoms with Gasteiger partial charge in [-0.1, -0.05) is 18.2 Å². The van der Waals surface area contributed by atoms with Gasteiger partial charge in [-0.3, -0.25) is 14.9 Å². The lowest BCUT2D eigenvalue weighted by molar-refractivity contribution is -0.385. The summed E-state index contributed by atoms with van der Waals surface area (Å²) in [4.78, 5) is 24.0. The Kier molecular flexibility index (Phi) is 4.34. The van der Waals surface area contributed by atoms with E-state index in [9.17, 15) is 14.9 Å². The zero-order valence-electron chi connectivity index (χ0n) is 11.5. The fourth-order valence-electron chi connectivity index (χ4n) is 1.94. The predicted octanol–water partition coefficient (Wildman–Crippen LogP) is 1.92. The van der Waals surface area contributed by atoms with E-state index in [2.05, 4.69) is 0 Å². The van der Waals surface area contributed by atoms with Crippen LogP contribution in [0.2, 0.25) is 0 Å². The smallest absolute Gasteiger partial charge is 0.289 e. The Hall–Kier alpha value is -2.67. The molecule has 0 aliphatic carbocycles. The van der Waals surface area contributed by atoms with E-state index in [4.69, 9.17) is 10.2 Å². The van der Waals surface area contributed by atoms with Crippen molar-refractivity contribution in [3.05, 3.63) is 63.6 Å². The number of carbonyl (C=O) groups is 1. The Bertz CT molecular complexity index is 666. The van der Waals surface area contributed by atoms with Crippen LogP contribution in [0.15, 0.2) is 40.8 Å². The molecule has 2 aromatic rings. The summed E-state index contributed by atoms with van der Waals surface area (Å²) in [5, 5.41) is 11.0. The summed E-state index contributed by atoms with van der Waals surface area (Å²) in [6.45, 7) is 0.329. The normalized spacial score (nSPS) is 10.4. The van der Waals surface area contributed by atoms with E-state index in [1.54, 1.807) is 37.4 Å². The Morgan fingerprint density at radius 2 is 2.05 bits per heavy atom. The number of rotatable bonds is 5. The third kappa shape index (κ3) is 3.26. The number of nitrogens with zero attached hydrogens (tertiary/aromatic N) is 2. The highest BCUT2D eigenvalue weighted by Crippen LogP contribution is 2.20. The molecular formula is C14H15N3O4. The third-order valence-corrected chi connectivity index (χ3v) is 3.02. The van der Waals surface area contributed by atoms with E-state index in [-0.39, 0.29) is 30.4 Å². The van der Waals surface area contributed by atoms with Gasteiger partial charge in [-0.2, -0.15) is 0 Å². The average molecular weight is 289 g/mol. The van der Waals surface area contributed by atoms with Crippen molar-refractivity contribution in [2.24, 2.45) is 5.73 Å². The SMILES string of the molecule is CN(Cc1ccccc1[N+](=O)[O-])C(=O)c1ccc(CN)o1. The van der Waals surface area contributed by atoms with Gasteiger partial charge >= 0.3 is 0 Å². The van der Waals surface area contributed by atoms with Crippen molar-refractivity contribution in [1.29, 1.82) is 0 Å². The van der Waals surface area contributed by atoms with E-state index < -0.39 is 4.92 Å². The molecule has 0 aliphatic heterocycles. The van der Waals surface area contributed by atoms with Crippen LogP contribution in [0, 0.1) is 10.1 Å². The first-order valence-electron chi connectivity index (χ1n) is 6.29. The first-order chi connectivity index (χ1) is 10.0. The van der Waals surface area contributed by atoms with Gasteiger partial charge in [0.05, 0.1) is 18.0 Å². The summed E-state index contributed by atoms with van der Waals surface area (Å²) in [6, 6.07) is 9.48. The molecule has 2 rings (SSSR count). The van der Waals surface area contributed by atoms with Crippen LogP contribution in [0.1, 0.15) is 21.9 Å². The molecule has 7 heteroatoms. The van der Waals surface area contributed by atoms with Gasteiger partial charge in [0.2, 0.25) is 0 Å². The second-order valence-electron chi connectivity index (χ2n) is 4.52. The monoisotopic (exact) mass is 289 g/mol. The molecule has 110 valence electrons. The molecule has 21 heavy (non-hydrogen) atoms. The quantitative estimate of drug-likeness (QED) is 0.669. The molecule has 0 spiro atoms. The topological polar surface area (TPSA) is 103 Å². The molecule has 7 nitrogen and oxygen atoms in total. The number of nitro benzene ring substituents is 1. The molecule has 0 saturated heterocycles. The minimum absolute atomic E-state index is 0.0146. The van der Waals surface area contributed by atoms with E-state index in [1.165, 1.54) is 11.0 Å². The van der Waals surface area contributed by atoms with Gasteiger partial charge in [0.1, 0.15) is 5.76 Å². The second-order valence-corrected chi connectivity index (χ2v) is 4.52. The molecule has 0 fully saturated rings. The molecule has 1 aromatic heterocycles. The van der Waals surface area contributed by atoms with Crippen LogP contribution in [0.4, 0.5) is 5.69 Å². The summed E-state index contributed by atoms with van der Waals surface area (Å²) >= 11 is 0. The lowest BCUT2D eigenvalue weighted by Crippen LogP contribution is -2.26. The molecule has 0 bridgehead atoms. The highest BCUT2D eigenvalue weighted by Gasteiger charge is 2.20. The Morgan fingerprint density at radius 1 is 1.33 bits per heavy atom. The fraction of sp³-hybridized carbons (Fsp3) is 0.214. The van der Waals surface area contributed by atoms with Crippen LogP contribution < -0.4 is 5.73 Å². The average Bonchev–Trinajstić information content (AvgIpc) is 2.95. The molecule has 1 amide bonds. The summed E-state index contributed by atoms with van der Waals surface area (Å²) < 4.78 is 5.28. The van der Waals surface area contributed by atoms with Gasteiger partial charge in [0.25, 0.3) is 11.6 Å². The largest absolute Gasteiger partial charge is 0.455 e. The van der Waals surface area contributed by atoms with Crippen LogP contribution in [-0.4, -0.2) is 22.8 Å². The maximum absolute atomic E-state index is 12.2. The summed E-state index contributed by atoms with van der Waals surface area (Å²) in [5.74, 6) is 0.321. The zero-order chi connectivity index (χ0) is 15.4. The molecule has 0 unspecified atom stereocenters. The molecule has 0 atom stereocenters. The number of benzene rings is 1. The molecule has 0 radical (unpaired) electrons. The Balaban J connectivity index is 2.16. The molecule has 1 heterocycles. The number of nitrogens with two attached hydrogens (primary N) is 1. The van der Waals surface area contributed by atoms with Crippen LogP contribution >= 0.6 is 0 Å². The van der Waals surface area contributed by atoms with Crippen molar-refractivity contribution < 1.29 is 14.1 Å². The second kappa shape index (κ2) is 6.19. The number of hydrogen-bond donors (Lipinski definition) is 1. The van der Waals surface area contributed by atoms with E-state index in [0.29, 0.717) is 11.3 Å². The van der Waals surface area contributed by atoms with Gasteiger partial charge in [-0.15, -0.1) is 0 Å². The first kappa shape index (κ1) is 14.7. The lowest BCUT2D eigenvalue weighted by atomic mass is 10.1. The minimum Gasteiger partial charge on any atom is -0.455 e. The number of amides is 1. The molecule has 0 aliphatic rings. The van der Waals surface area contributed by atoms with Crippen molar-refractivity contribution in [3.8, 4) is 0 Å². The number of furan rings is 1. The lowest BCUT2D eigenvalue weighted by Gasteiger charge is -2.15. The van der Waals surface area contributed by atoms with Crippen molar-refractivity contribution in [1.82, 2.24) is 4.90 Å². The summed E-state index contributed by atoms with van der Waals surface area (Å²) in [5.41, 5.74) is 5.87. The maximum atomic E-state index is 12.2. The van der Waals surface area contributed by atoms with Crippen LogP contribution in [0.25, 0.3) is 0 Å². The van der Waals surface area contributed by atoms with Crippen LogP contribution in [0.3, 0.4) is 0 Å². The van der Waals surface area contributed by atoms with E-state index in [1.807, 2.05) is 0 Å². The van der Waals surface area contributed by atoms with Crippen molar-refractivity contribution in [2.45, 2.75) is 13.1 Å². The van der Waals surface area contributed by atoms with Gasteiger partial charge in [0, 0.05) is 18.7 Å². The zero-order valence-corrected chi connectivity index (χ0v) is 11.5. The fourth-order valence-corrected chi connectivity index (χ4v) is 1.94. The van der Waals surface area contributed by atoms with Gasteiger partial charge in [0.15, 0.2) is 5.76 Å². The predicted molar refractivity (Wildman–Crippen MR) is 75.5 cm³/mol. The Morgan fingerprint density at radius 3 is 2.67 bits per heavy atom. The number of para-hydroxylation sites is 1. The maximum Gasteiger partial charge on any atom is 0.289 e. The van der Waals surface area contributed by atoms with Gasteiger partial charge in [-0.25, -0.2) is 0 Å². The summed E-state index contributed by atoms with van der Waals surface area (Å²) in [6.07, 6.45) is 0. The summed E-state index contributed by atoms with van der Waals surface area (Å²) in [7, 11) is 1.56. The van der Waals surface area contributed by atoms with Crippen LogP contribution in [-0.2, 0) is 13.1 Å². The molecule has 0 saturated carbocycles. The molecule has 1 aromatic carbocycles. The number of carbonyl (C=O) groups excluding carboxylic acids is 1. The first-order valence-corrected chi connectivity index (χ1v) is 6.29. The van der Waals surface area contributed by atoms with Crippen LogP contribution in [0.5, 0.6) is 0 Å². The van der Waals surface area contributed by atoms with Crippen molar-refractivity contribution in [3.63, 3.8) is 0 Å². The standard InChI is InChI=1S/C14H15N3O4/c1-16(14(18)13-7-6-11(8-15)21-13)9-10-4-2-3-5-12(10)17(19)20/h2-7H,8-9,15H2,1H3. The van der Waals surface area contributed by atoms with E-state index >= 15 is 0 Å². The van der Waals surface area contributed by atoms with E-state index in [0.717, 1.165) is 0 Å². The van der Waals surface area contributed by atoms with Gasteiger partial charge < -0.3 is 15.1 Å². The highest BCUT2D eigenvalue weighted by molar-refractivity contribution is 5.91.